The number of carbonyl (C=O) groups excluding carboxylic acids is 2. The van der Waals surface area contributed by atoms with Crippen molar-refractivity contribution in [1.82, 2.24) is 5.43 Å². The molecule has 2 aromatic carbocycles. The summed E-state index contributed by atoms with van der Waals surface area (Å²) in [6, 6.07) is 8.65. The fraction of sp³-hybridized carbons (Fsp3) is 0.150. The van der Waals surface area contributed by atoms with Crippen LogP contribution in [0.15, 0.2) is 41.5 Å². The maximum atomic E-state index is 12.8. The van der Waals surface area contributed by atoms with E-state index in [2.05, 4.69) is 44.4 Å². The number of rotatable bonds is 8. The minimum absolute atomic E-state index is 0.107. The average molecular weight is 509 g/mol. The van der Waals surface area contributed by atoms with Crippen molar-refractivity contribution in [2.75, 3.05) is 19.0 Å². The molecular formula is C20H17FIN3O4. The molecule has 0 atom stereocenters. The summed E-state index contributed by atoms with van der Waals surface area (Å²) in [7, 11) is 1.50. The molecule has 0 aliphatic heterocycles. The van der Waals surface area contributed by atoms with Crippen LogP contribution in [-0.4, -0.2) is 31.7 Å². The van der Waals surface area contributed by atoms with Crippen LogP contribution < -0.4 is 20.2 Å². The van der Waals surface area contributed by atoms with Crippen LogP contribution in [0.25, 0.3) is 0 Å². The second-order valence-electron chi connectivity index (χ2n) is 5.55. The molecule has 29 heavy (non-hydrogen) atoms. The van der Waals surface area contributed by atoms with Gasteiger partial charge in [-0.05, 0) is 64.6 Å². The predicted molar refractivity (Wildman–Crippen MR) is 115 cm³/mol. The van der Waals surface area contributed by atoms with Crippen molar-refractivity contribution in [3.05, 3.63) is 51.3 Å². The van der Waals surface area contributed by atoms with E-state index in [1.165, 1.54) is 37.6 Å². The normalized spacial score (nSPS) is 10.3. The van der Waals surface area contributed by atoms with Crippen molar-refractivity contribution >= 4 is 46.3 Å². The molecule has 0 aliphatic rings. The third-order valence-corrected chi connectivity index (χ3v) is 4.20. The van der Waals surface area contributed by atoms with Gasteiger partial charge in [0.2, 0.25) is 11.8 Å². The molecule has 0 aliphatic carbocycles. The molecule has 150 valence electrons. The molecule has 2 N–H and O–H groups in total. The smallest absolute Gasteiger partial charge is 0.249 e. The lowest BCUT2D eigenvalue weighted by Crippen LogP contribution is -2.24. The first-order chi connectivity index (χ1) is 13.9. The standard InChI is InChI=1S/C20H17FIN3O4/c1-3-8-29-20-16(22)9-13(10-17(20)28-2)12-23-25-19(27)11-18(26)24-15-6-4-14(21)5-7-15/h1,4-7,9-10,12H,8,11H2,2H3,(H,24,26)(H,25,27). The highest BCUT2D eigenvalue weighted by Crippen LogP contribution is 2.33. The Morgan fingerprint density at radius 3 is 2.66 bits per heavy atom. The van der Waals surface area contributed by atoms with Gasteiger partial charge in [-0.3, -0.25) is 9.59 Å². The molecule has 0 spiro atoms. The van der Waals surface area contributed by atoms with Gasteiger partial charge in [0.15, 0.2) is 11.5 Å². The Morgan fingerprint density at radius 2 is 2.00 bits per heavy atom. The summed E-state index contributed by atoms with van der Waals surface area (Å²) < 4.78 is 24.3. The zero-order valence-corrected chi connectivity index (χ0v) is 17.5. The van der Waals surface area contributed by atoms with Crippen molar-refractivity contribution < 1.29 is 23.5 Å². The van der Waals surface area contributed by atoms with Crippen molar-refractivity contribution in [3.63, 3.8) is 0 Å². The van der Waals surface area contributed by atoms with Crippen LogP contribution >= 0.6 is 22.6 Å². The fourth-order valence-electron chi connectivity index (χ4n) is 2.17. The number of nitrogens with zero attached hydrogens (tertiary/aromatic N) is 1. The lowest BCUT2D eigenvalue weighted by Gasteiger charge is -2.11. The summed E-state index contributed by atoms with van der Waals surface area (Å²) in [6.07, 6.45) is 6.17. The Morgan fingerprint density at radius 1 is 1.28 bits per heavy atom. The van der Waals surface area contributed by atoms with Crippen molar-refractivity contribution in [1.29, 1.82) is 0 Å². The SMILES string of the molecule is C#CCOc1c(I)cc(C=NNC(=O)CC(=O)Nc2ccc(F)cc2)cc1OC. The van der Waals surface area contributed by atoms with E-state index in [1.54, 1.807) is 12.1 Å². The average Bonchev–Trinajstić information content (AvgIpc) is 2.68. The molecule has 0 saturated carbocycles. The highest BCUT2D eigenvalue weighted by atomic mass is 127. The van der Waals surface area contributed by atoms with E-state index in [0.717, 1.165) is 3.57 Å². The summed E-state index contributed by atoms with van der Waals surface area (Å²) in [5.74, 6) is 1.81. The number of carbonyl (C=O) groups is 2. The molecule has 2 rings (SSSR count). The number of hydrazone groups is 1. The third kappa shape index (κ3) is 7.08. The van der Waals surface area contributed by atoms with Gasteiger partial charge in [-0.15, -0.1) is 6.42 Å². The molecule has 9 heteroatoms. The van der Waals surface area contributed by atoms with Crippen molar-refractivity contribution in [2.24, 2.45) is 5.10 Å². The summed E-state index contributed by atoms with van der Waals surface area (Å²) in [4.78, 5) is 23.7. The molecule has 2 amide bonds. The molecule has 0 bridgehead atoms. The third-order valence-electron chi connectivity index (χ3n) is 3.40. The predicted octanol–water partition coefficient (Wildman–Crippen LogP) is 2.93. The molecule has 0 saturated heterocycles. The first-order valence-corrected chi connectivity index (χ1v) is 9.32. The van der Waals surface area contributed by atoms with E-state index >= 15 is 0 Å². The van der Waals surface area contributed by atoms with E-state index in [1.807, 2.05) is 0 Å². The number of methoxy groups -OCH3 is 1. The van der Waals surface area contributed by atoms with E-state index in [-0.39, 0.29) is 6.61 Å². The van der Waals surface area contributed by atoms with Crippen LogP contribution in [-0.2, 0) is 9.59 Å². The van der Waals surface area contributed by atoms with Crippen molar-refractivity contribution in [2.45, 2.75) is 6.42 Å². The van der Waals surface area contributed by atoms with Crippen LogP contribution in [0.1, 0.15) is 12.0 Å². The van der Waals surface area contributed by atoms with Gasteiger partial charge < -0.3 is 14.8 Å². The zero-order chi connectivity index (χ0) is 21.2. The lowest BCUT2D eigenvalue weighted by atomic mass is 10.2. The molecular weight excluding hydrogens is 492 g/mol. The van der Waals surface area contributed by atoms with Gasteiger partial charge >= 0.3 is 0 Å². The van der Waals surface area contributed by atoms with Gasteiger partial charge in [0, 0.05) is 5.69 Å². The van der Waals surface area contributed by atoms with Gasteiger partial charge in [0.05, 0.1) is 16.9 Å². The van der Waals surface area contributed by atoms with Crippen LogP contribution in [0.4, 0.5) is 10.1 Å². The number of anilines is 1. The van der Waals surface area contributed by atoms with Gasteiger partial charge in [-0.1, -0.05) is 5.92 Å². The molecule has 7 nitrogen and oxygen atoms in total. The molecule has 0 fully saturated rings. The van der Waals surface area contributed by atoms with Crippen LogP contribution in [0.5, 0.6) is 11.5 Å². The summed E-state index contributed by atoms with van der Waals surface area (Å²) in [5.41, 5.74) is 3.31. The second kappa shape index (κ2) is 11.0. The van der Waals surface area contributed by atoms with Gasteiger partial charge in [0.1, 0.15) is 18.8 Å². The molecule has 2 aromatic rings. The molecule has 0 radical (unpaired) electrons. The fourth-order valence-corrected chi connectivity index (χ4v) is 2.95. The summed E-state index contributed by atoms with van der Waals surface area (Å²) >= 11 is 2.07. The highest BCUT2D eigenvalue weighted by molar-refractivity contribution is 14.1. The van der Waals surface area contributed by atoms with E-state index in [4.69, 9.17) is 15.9 Å². The van der Waals surface area contributed by atoms with Crippen LogP contribution in [0, 0.1) is 21.7 Å². The second-order valence-corrected chi connectivity index (χ2v) is 6.71. The largest absolute Gasteiger partial charge is 0.493 e. The maximum Gasteiger partial charge on any atom is 0.249 e. The topological polar surface area (TPSA) is 89.0 Å². The number of nitrogens with one attached hydrogen (secondary N) is 2. The Balaban J connectivity index is 1.92. The number of amides is 2. The van der Waals surface area contributed by atoms with Crippen LogP contribution in [0.3, 0.4) is 0 Å². The molecule has 0 heterocycles. The monoisotopic (exact) mass is 509 g/mol. The lowest BCUT2D eigenvalue weighted by molar-refractivity contribution is -0.126. The number of hydrogen-bond acceptors (Lipinski definition) is 5. The molecule has 0 unspecified atom stereocenters. The van der Waals surface area contributed by atoms with Crippen LogP contribution in [0.2, 0.25) is 0 Å². The maximum absolute atomic E-state index is 12.8. The number of terminal acetylenes is 1. The Bertz CT molecular complexity index is 955. The first-order valence-electron chi connectivity index (χ1n) is 8.24. The number of halogens is 2. The first kappa shape index (κ1) is 22.2. The van der Waals surface area contributed by atoms with Gasteiger partial charge in [0.25, 0.3) is 0 Å². The highest BCUT2D eigenvalue weighted by Gasteiger charge is 2.11. The van der Waals surface area contributed by atoms with Crippen molar-refractivity contribution in [3.8, 4) is 23.8 Å². The van der Waals surface area contributed by atoms with E-state index in [0.29, 0.717) is 22.7 Å². The summed E-state index contributed by atoms with van der Waals surface area (Å²) in [6.45, 7) is 0.107. The number of ether oxygens (including phenoxy) is 2. The minimum Gasteiger partial charge on any atom is -0.493 e. The van der Waals surface area contributed by atoms with Gasteiger partial charge in [-0.2, -0.15) is 5.10 Å². The Labute approximate surface area is 180 Å². The quantitative estimate of drug-likeness (QED) is 0.188. The zero-order valence-electron chi connectivity index (χ0n) is 15.4. The minimum atomic E-state index is -0.600. The van der Waals surface area contributed by atoms with E-state index in [9.17, 15) is 14.0 Å². The van der Waals surface area contributed by atoms with E-state index < -0.39 is 24.1 Å². The number of benzene rings is 2. The molecule has 0 aromatic heterocycles. The number of hydrogen-bond donors (Lipinski definition) is 2. The van der Waals surface area contributed by atoms with Gasteiger partial charge in [-0.25, -0.2) is 9.82 Å². The summed E-state index contributed by atoms with van der Waals surface area (Å²) in [5, 5.41) is 6.33. The Hall–Kier alpha value is -3.13. The Kier molecular flexibility index (Phi) is 8.42.